The third-order valence-electron chi connectivity index (χ3n) is 4.94. The van der Waals surface area contributed by atoms with Gasteiger partial charge < -0.3 is 10.1 Å². The van der Waals surface area contributed by atoms with Gasteiger partial charge in [-0.3, -0.25) is 0 Å². The monoisotopic (exact) mass is 394 g/mol. The Morgan fingerprint density at radius 3 is 2.32 bits per heavy atom. The lowest BCUT2D eigenvalue weighted by atomic mass is 10.1. The van der Waals surface area contributed by atoms with Gasteiger partial charge in [0.05, 0.1) is 12.8 Å². The summed E-state index contributed by atoms with van der Waals surface area (Å²) < 4.78 is 33.6. The van der Waals surface area contributed by atoms with Crippen LogP contribution >= 0.6 is 0 Å². The molecule has 0 spiro atoms. The van der Waals surface area contributed by atoms with E-state index in [-0.39, 0.29) is 6.54 Å². The summed E-state index contributed by atoms with van der Waals surface area (Å²) >= 11 is 0. The minimum atomic E-state index is -3.66. The van der Waals surface area contributed by atoms with Gasteiger partial charge in [0.1, 0.15) is 16.8 Å². The maximum atomic E-state index is 13.4. The molecule has 0 bridgehead atoms. The molecular formula is C22H22N2O3S. The maximum Gasteiger partial charge on any atom is 0.247 e. The Morgan fingerprint density at radius 2 is 1.64 bits per heavy atom. The van der Waals surface area contributed by atoms with E-state index >= 15 is 0 Å². The van der Waals surface area contributed by atoms with Crippen molar-refractivity contribution in [2.75, 3.05) is 12.4 Å². The molecule has 1 N–H and O–H groups in total. The highest BCUT2D eigenvalue weighted by Crippen LogP contribution is 2.39. The Bertz CT molecular complexity index is 1080. The molecular weight excluding hydrogens is 372 g/mol. The van der Waals surface area contributed by atoms with Gasteiger partial charge in [-0.05, 0) is 42.3 Å². The average Bonchev–Trinajstić information content (AvgIpc) is 2.71. The van der Waals surface area contributed by atoms with Crippen LogP contribution in [-0.2, 0) is 16.6 Å². The molecule has 144 valence electrons. The van der Waals surface area contributed by atoms with E-state index in [1.54, 1.807) is 25.3 Å². The van der Waals surface area contributed by atoms with Crippen LogP contribution in [0.5, 0.6) is 5.75 Å². The van der Waals surface area contributed by atoms with Crippen molar-refractivity contribution in [3.63, 3.8) is 0 Å². The summed E-state index contributed by atoms with van der Waals surface area (Å²) in [4.78, 5) is 0.298. The minimum absolute atomic E-state index is 0.256. The molecule has 0 saturated heterocycles. The fourth-order valence-corrected chi connectivity index (χ4v) is 5.06. The summed E-state index contributed by atoms with van der Waals surface area (Å²) in [6.07, 6.45) is -0.484. The molecule has 1 aliphatic heterocycles. The highest BCUT2D eigenvalue weighted by Gasteiger charge is 2.38. The summed E-state index contributed by atoms with van der Waals surface area (Å²) in [7, 11) is -2.06. The van der Waals surface area contributed by atoms with Gasteiger partial charge in [-0.15, -0.1) is 0 Å². The smallest absolute Gasteiger partial charge is 0.247 e. The molecule has 5 nitrogen and oxygen atoms in total. The maximum absolute atomic E-state index is 13.4. The number of benzene rings is 3. The number of para-hydroxylation sites is 1. The summed E-state index contributed by atoms with van der Waals surface area (Å²) in [6.45, 7) is 2.27. The number of methoxy groups -OCH3 is 1. The van der Waals surface area contributed by atoms with Crippen molar-refractivity contribution in [2.45, 2.75) is 24.5 Å². The highest BCUT2D eigenvalue weighted by atomic mass is 32.2. The Morgan fingerprint density at radius 1 is 0.964 bits per heavy atom. The van der Waals surface area contributed by atoms with Crippen molar-refractivity contribution in [3.05, 3.63) is 89.5 Å². The van der Waals surface area contributed by atoms with Crippen LogP contribution in [0.2, 0.25) is 0 Å². The summed E-state index contributed by atoms with van der Waals surface area (Å²) in [6, 6.07) is 22.4. The van der Waals surface area contributed by atoms with E-state index in [0.717, 1.165) is 22.4 Å². The van der Waals surface area contributed by atoms with Crippen LogP contribution in [-0.4, -0.2) is 19.8 Å². The largest absolute Gasteiger partial charge is 0.497 e. The summed E-state index contributed by atoms with van der Waals surface area (Å²) in [5.74, 6) is 0.740. The van der Waals surface area contributed by atoms with Gasteiger partial charge in [0.2, 0.25) is 10.0 Å². The zero-order valence-electron chi connectivity index (χ0n) is 15.8. The normalized spacial score (nSPS) is 18.1. The van der Waals surface area contributed by atoms with E-state index in [9.17, 15) is 8.42 Å². The average molecular weight is 394 g/mol. The second-order valence-corrected chi connectivity index (χ2v) is 8.71. The molecule has 0 saturated carbocycles. The van der Waals surface area contributed by atoms with E-state index in [1.807, 2.05) is 61.5 Å². The van der Waals surface area contributed by atoms with E-state index in [2.05, 4.69) is 5.32 Å². The first-order valence-corrected chi connectivity index (χ1v) is 10.5. The summed E-state index contributed by atoms with van der Waals surface area (Å²) in [5.41, 5.74) is 3.54. The van der Waals surface area contributed by atoms with Crippen LogP contribution in [0.4, 0.5) is 5.69 Å². The lowest BCUT2D eigenvalue weighted by molar-refractivity contribution is 0.336. The number of hydrogen-bond acceptors (Lipinski definition) is 4. The topological polar surface area (TPSA) is 58.6 Å². The third-order valence-corrected chi connectivity index (χ3v) is 6.81. The van der Waals surface area contributed by atoms with Gasteiger partial charge in [-0.2, -0.15) is 4.31 Å². The lowest BCUT2D eigenvalue weighted by Gasteiger charge is -2.37. The molecule has 0 radical (unpaired) electrons. The number of rotatable bonds is 4. The molecule has 0 amide bonds. The zero-order chi connectivity index (χ0) is 19.7. The first-order valence-electron chi connectivity index (χ1n) is 9.06. The van der Waals surface area contributed by atoms with Gasteiger partial charge in [0.25, 0.3) is 0 Å². The number of anilines is 1. The Hall–Kier alpha value is -2.83. The van der Waals surface area contributed by atoms with Gasteiger partial charge in [0, 0.05) is 6.54 Å². The van der Waals surface area contributed by atoms with Gasteiger partial charge in [0.15, 0.2) is 0 Å². The Balaban J connectivity index is 1.78. The van der Waals surface area contributed by atoms with Crippen LogP contribution in [0.3, 0.4) is 0 Å². The molecule has 3 aromatic rings. The number of aryl methyl sites for hydroxylation is 1. The minimum Gasteiger partial charge on any atom is -0.497 e. The second-order valence-electron chi connectivity index (χ2n) is 6.85. The van der Waals surface area contributed by atoms with E-state index in [4.69, 9.17) is 4.74 Å². The van der Waals surface area contributed by atoms with Crippen LogP contribution in [0.1, 0.15) is 22.9 Å². The van der Waals surface area contributed by atoms with Crippen LogP contribution in [0.25, 0.3) is 0 Å². The fraction of sp³-hybridized carbons (Fsp3) is 0.182. The predicted octanol–water partition coefficient (Wildman–Crippen LogP) is 4.32. The Kier molecular flexibility index (Phi) is 4.83. The standard InChI is InChI=1S/C22H22N2O3S/c1-16-7-11-18(12-8-16)22-23-20-5-3-4-6-21(20)28(25,26)24(22)15-17-9-13-19(27-2)14-10-17/h3-14,22-23H,15H2,1-2H3/t22-/m0/s1. The number of nitrogens with zero attached hydrogens (tertiary/aromatic N) is 1. The summed E-state index contributed by atoms with van der Waals surface area (Å²) in [5, 5.41) is 3.40. The van der Waals surface area contributed by atoms with Crippen LogP contribution in [0, 0.1) is 6.92 Å². The van der Waals surface area contributed by atoms with E-state index < -0.39 is 16.2 Å². The van der Waals surface area contributed by atoms with Gasteiger partial charge >= 0.3 is 0 Å². The molecule has 0 fully saturated rings. The molecule has 0 aromatic heterocycles. The predicted molar refractivity (Wildman–Crippen MR) is 110 cm³/mol. The molecule has 1 atom stereocenters. The molecule has 6 heteroatoms. The van der Waals surface area contributed by atoms with E-state index in [0.29, 0.717) is 10.6 Å². The molecule has 1 aliphatic rings. The molecule has 0 aliphatic carbocycles. The quantitative estimate of drug-likeness (QED) is 0.716. The first-order chi connectivity index (χ1) is 13.5. The van der Waals surface area contributed by atoms with Crippen molar-refractivity contribution >= 4 is 15.7 Å². The van der Waals surface area contributed by atoms with Crippen molar-refractivity contribution in [3.8, 4) is 5.75 Å². The van der Waals surface area contributed by atoms with E-state index in [1.165, 1.54) is 4.31 Å². The highest BCUT2D eigenvalue weighted by molar-refractivity contribution is 7.89. The molecule has 0 unspecified atom stereocenters. The Labute approximate surface area is 165 Å². The number of fused-ring (bicyclic) bond motifs is 1. The third kappa shape index (κ3) is 3.37. The number of sulfonamides is 1. The van der Waals surface area contributed by atoms with Gasteiger partial charge in [-0.1, -0.05) is 54.1 Å². The zero-order valence-corrected chi connectivity index (χ0v) is 16.6. The number of nitrogens with one attached hydrogen (secondary N) is 1. The van der Waals surface area contributed by atoms with Gasteiger partial charge in [-0.25, -0.2) is 8.42 Å². The number of ether oxygens (including phenoxy) is 1. The lowest BCUT2D eigenvalue weighted by Crippen LogP contribution is -2.42. The van der Waals surface area contributed by atoms with Crippen molar-refractivity contribution in [2.24, 2.45) is 0 Å². The van der Waals surface area contributed by atoms with Crippen molar-refractivity contribution < 1.29 is 13.2 Å². The molecule has 28 heavy (non-hydrogen) atoms. The van der Waals surface area contributed by atoms with Crippen LogP contribution < -0.4 is 10.1 Å². The number of hydrogen-bond donors (Lipinski definition) is 1. The first kappa shape index (κ1) is 18.5. The SMILES string of the molecule is COc1ccc(CN2[C@@H](c3ccc(C)cc3)Nc3ccccc3S2(=O)=O)cc1. The van der Waals surface area contributed by atoms with Crippen molar-refractivity contribution in [1.29, 1.82) is 0 Å². The van der Waals surface area contributed by atoms with Crippen LogP contribution in [0.15, 0.2) is 77.7 Å². The second kappa shape index (κ2) is 7.30. The molecule has 1 heterocycles. The van der Waals surface area contributed by atoms with Crippen molar-refractivity contribution in [1.82, 2.24) is 4.31 Å². The molecule has 3 aromatic carbocycles. The fourth-order valence-electron chi connectivity index (χ4n) is 3.38. The molecule has 4 rings (SSSR count).